The van der Waals surface area contributed by atoms with Gasteiger partial charge in [-0.1, -0.05) is 96.6 Å². The first-order valence-electron chi connectivity index (χ1n) is 13.6. The maximum Gasteiger partial charge on any atom is 0.267 e. The molecule has 202 valence electrons. The maximum absolute atomic E-state index is 13.3. The molecule has 5 nitrogen and oxygen atoms in total. The van der Waals surface area contributed by atoms with Crippen molar-refractivity contribution >= 4 is 46.0 Å². The number of anilines is 1. The summed E-state index contributed by atoms with van der Waals surface area (Å²) in [6, 6.07) is 37.2. The number of benzene rings is 4. The number of thioether (sulfide) groups is 1. The van der Waals surface area contributed by atoms with Crippen molar-refractivity contribution in [2.24, 2.45) is 10.1 Å². The third kappa shape index (κ3) is 5.79. The molecule has 1 amide bonds. The van der Waals surface area contributed by atoms with Gasteiger partial charge in [0.1, 0.15) is 0 Å². The number of nitrogens with zero attached hydrogens (tertiary/aromatic N) is 4. The quantitative estimate of drug-likeness (QED) is 0.171. The molecule has 4 aromatic carbocycles. The van der Waals surface area contributed by atoms with E-state index in [0.717, 1.165) is 34.6 Å². The third-order valence-electron chi connectivity index (χ3n) is 7.12. The van der Waals surface area contributed by atoms with Crippen LogP contribution in [0.1, 0.15) is 34.7 Å². The van der Waals surface area contributed by atoms with Crippen LogP contribution in [-0.2, 0) is 4.79 Å². The molecule has 0 bridgehead atoms. The molecule has 1 atom stereocenters. The highest BCUT2D eigenvalue weighted by molar-refractivity contribution is 8.18. The lowest BCUT2D eigenvalue weighted by Crippen LogP contribution is -2.29. The number of aliphatic imine (C=N–C) groups is 1. The minimum atomic E-state index is -0.0642. The van der Waals surface area contributed by atoms with Crippen molar-refractivity contribution in [3.63, 3.8) is 0 Å². The van der Waals surface area contributed by atoms with Crippen LogP contribution in [0, 0.1) is 6.92 Å². The van der Waals surface area contributed by atoms with E-state index in [0.29, 0.717) is 16.6 Å². The Balaban J connectivity index is 1.27. The Hall–Kier alpha value is -4.68. The number of hydrogen-bond donors (Lipinski definition) is 0. The van der Waals surface area contributed by atoms with Crippen LogP contribution in [0.25, 0.3) is 6.08 Å². The predicted molar refractivity (Wildman–Crippen MR) is 171 cm³/mol. The summed E-state index contributed by atoms with van der Waals surface area (Å²) in [6.45, 7) is 6.28. The molecule has 0 radical (unpaired) electrons. The maximum atomic E-state index is 13.3. The van der Waals surface area contributed by atoms with Crippen LogP contribution in [0.2, 0.25) is 0 Å². The lowest BCUT2D eigenvalue weighted by Gasteiger charge is -2.24. The second kappa shape index (κ2) is 11.8. The Morgan fingerprint density at radius 1 is 0.927 bits per heavy atom. The highest BCUT2D eigenvalue weighted by atomic mass is 32.2. The Kier molecular flexibility index (Phi) is 7.65. The van der Waals surface area contributed by atoms with E-state index in [2.05, 4.69) is 72.3 Å². The molecule has 1 fully saturated rings. The average molecular weight is 555 g/mol. The van der Waals surface area contributed by atoms with Gasteiger partial charge in [-0.2, -0.15) is 5.10 Å². The van der Waals surface area contributed by atoms with E-state index in [1.165, 1.54) is 22.9 Å². The van der Waals surface area contributed by atoms with Gasteiger partial charge >= 0.3 is 0 Å². The number of hydrazone groups is 1. The second-order valence-corrected chi connectivity index (χ2v) is 11.0. The molecular weight excluding hydrogens is 524 g/mol. The Morgan fingerprint density at radius 3 is 2.29 bits per heavy atom. The van der Waals surface area contributed by atoms with Gasteiger partial charge in [0.2, 0.25) is 0 Å². The summed E-state index contributed by atoms with van der Waals surface area (Å²) >= 11 is 1.39. The first kappa shape index (κ1) is 26.5. The molecule has 2 aliphatic rings. The summed E-state index contributed by atoms with van der Waals surface area (Å²) in [7, 11) is 0. The van der Waals surface area contributed by atoms with Crippen molar-refractivity contribution in [2.45, 2.75) is 19.4 Å². The van der Waals surface area contributed by atoms with Crippen molar-refractivity contribution in [3.05, 3.63) is 149 Å². The van der Waals surface area contributed by atoms with Gasteiger partial charge < -0.3 is 0 Å². The standard InChI is InChI=1S/C35H30N4OS/c1-3-22-38-34(40)33(41-35(38)36-29-18-14-25(2)15-19-29)23-26-16-20-30(21-17-26)39-32(28-12-8-5-9-13-28)24-31(37-39)27-10-6-4-7-11-27/h3-21,23,32H,1,22,24H2,2H3. The van der Waals surface area contributed by atoms with Gasteiger partial charge in [-0.3, -0.25) is 14.7 Å². The number of amides is 1. The van der Waals surface area contributed by atoms with Gasteiger partial charge in [0.15, 0.2) is 5.17 Å². The van der Waals surface area contributed by atoms with Crippen molar-refractivity contribution in [1.82, 2.24) is 4.90 Å². The fourth-order valence-electron chi connectivity index (χ4n) is 4.97. The molecule has 0 aliphatic carbocycles. The Bertz CT molecular complexity index is 1640. The van der Waals surface area contributed by atoms with Gasteiger partial charge in [-0.25, -0.2) is 4.99 Å². The van der Waals surface area contributed by atoms with E-state index in [1.54, 1.807) is 11.0 Å². The predicted octanol–water partition coefficient (Wildman–Crippen LogP) is 8.14. The summed E-state index contributed by atoms with van der Waals surface area (Å²) in [5.74, 6) is -0.0642. The highest BCUT2D eigenvalue weighted by Gasteiger charge is 2.33. The van der Waals surface area contributed by atoms with Crippen LogP contribution in [0.3, 0.4) is 0 Å². The number of carbonyl (C=O) groups excluding carboxylic acids is 1. The van der Waals surface area contributed by atoms with Gasteiger partial charge in [0.05, 0.1) is 28.0 Å². The zero-order valence-electron chi connectivity index (χ0n) is 22.9. The van der Waals surface area contributed by atoms with E-state index < -0.39 is 0 Å². The normalized spacial score (nSPS) is 18.8. The summed E-state index contributed by atoms with van der Waals surface area (Å²) < 4.78 is 0. The smallest absolute Gasteiger partial charge is 0.267 e. The lowest BCUT2D eigenvalue weighted by molar-refractivity contribution is -0.121. The van der Waals surface area contributed by atoms with Gasteiger partial charge in [-0.05, 0) is 65.7 Å². The molecule has 0 aromatic heterocycles. The van der Waals surface area contributed by atoms with Crippen molar-refractivity contribution in [3.8, 4) is 0 Å². The minimum Gasteiger partial charge on any atom is -0.283 e. The van der Waals surface area contributed by atoms with Crippen LogP contribution in [0.5, 0.6) is 0 Å². The summed E-state index contributed by atoms with van der Waals surface area (Å²) in [5, 5.41) is 7.83. The van der Waals surface area contributed by atoms with Gasteiger partial charge in [0.25, 0.3) is 5.91 Å². The van der Waals surface area contributed by atoms with Gasteiger partial charge in [-0.15, -0.1) is 6.58 Å². The Morgan fingerprint density at radius 2 is 1.61 bits per heavy atom. The number of rotatable bonds is 7. The highest BCUT2D eigenvalue weighted by Crippen LogP contribution is 2.38. The number of carbonyl (C=O) groups is 1. The Labute approximate surface area is 245 Å². The van der Waals surface area contributed by atoms with E-state index in [1.807, 2.05) is 61.5 Å². The molecule has 0 spiro atoms. The lowest BCUT2D eigenvalue weighted by atomic mass is 9.98. The molecule has 6 rings (SSSR count). The van der Waals surface area contributed by atoms with E-state index >= 15 is 0 Å². The van der Waals surface area contributed by atoms with E-state index in [-0.39, 0.29) is 11.9 Å². The molecular formula is C35H30N4OS. The zero-order chi connectivity index (χ0) is 28.2. The van der Waals surface area contributed by atoms with Gasteiger partial charge in [0, 0.05) is 13.0 Å². The fraction of sp³-hybridized carbons (Fsp3) is 0.114. The summed E-state index contributed by atoms with van der Waals surface area (Å²) in [5.41, 5.74) is 7.38. The number of hydrogen-bond acceptors (Lipinski definition) is 5. The third-order valence-corrected chi connectivity index (χ3v) is 8.12. The van der Waals surface area contributed by atoms with Crippen molar-refractivity contribution < 1.29 is 4.79 Å². The van der Waals surface area contributed by atoms with E-state index in [4.69, 9.17) is 10.1 Å². The summed E-state index contributed by atoms with van der Waals surface area (Å²) in [4.78, 5) is 20.3. The minimum absolute atomic E-state index is 0.0642. The summed E-state index contributed by atoms with van der Waals surface area (Å²) in [6.07, 6.45) is 4.49. The fourth-order valence-corrected chi connectivity index (χ4v) is 5.98. The molecule has 41 heavy (non-hydrogen) atoms. The average Bonchev–Trinajstić information content (AvgIpc) is 3.58. The first-order valence-corrected chi connectivity index (χ1v) is 14.5. The first-order chi connectivity index (χ1) is 20.1. The molecule has 0 N–H and O–H groups in total. The van der Waals surface area contributed by atoms with Crippen LogP contribution in [0.15, 0.2) is 137 Å². The molecule has 2 aliphatic heterocycles. The van der Waals surface area contributed by atoms with Crippen molar-refractivity contribution in [2.75, 3.05) is 11.6 Å². The topological polar surface area (TPSA) is 48.3 Å². The SMILES string of the molecule is C=CCN1C(=O)C(=Cc2ccc(N3N=C(c4ccccc4)CC3c3ccccc3)cc2)SC1=Nc1ccc(C)cc1. The van der Waals surface area contributed by atoms with E-state index in [9.17, 15) is 4.79 Å². The molecule has 4 aromatic rings. The van der Waals surface area contributed by atoms with Crippen LogP contribution in [0.4, 0.5) is 11.4 Å². The van der Waals surface area contributed by atoms with Crippen LogP contribution >= 0.6 is 11.8 Å². The number of amidine groups is 1. The molecule has 1 saturated heterocycles. The zero-order valence-corrected chi connectivity index (χ0v) is 23.7. The molecule has 6 heteroatoms. The molecule has 0 saturated carbocycles. The molecule has 1 unspecified atom stereocenters. The molecule has 2 heterocycles. The van der Waals surface area contributed by atoms with Crippen LogP contribution in [-0.4, -0.2) is 28.2 Å². The number of aryl methyl sites for hydroxylation is 1. The monoisotopic (exact) mass is 554 g/mol. The second-order valence-electron chi connectivity index (χ2n) is 10.0. The largest absolute Gasteiger partial charge is 0.283 e. The van der Waals surface area contributed by atoms with Crippen LogP contribution < -0.4 is 5.01 Å². The van der Waals surface area contributed by atoms with Crippen molar-refractivity contribution in [1.29, 1.82) is 0 Å².